The summed E-state index contributed by atoms with van der Waals surface area (Å²) in [6, 6.07) is 3.06. The normalized spacial score (nSPS) is 10.6. The lowest BCUT2D eigenvalue weighted by atomic mass is 10.2. The Morgan fingerprint density at radius 1 is 1.35 bits per heavy atom. The first-order valence-electron chi connectivity index (χ1n) is 7.16. The smallest absolute Gasteiger partial charge is 0.344 e. The SMILES string of the molecule is CCCCOC(=O)COc1nc(-c2ccc(F)cc2F)n(C)n1. The number of ether oxygens (including phenoxy) is 2. The maximum atomic E-state index is 13.8. The van der Waals surface area contributed by atoms with Gasteiger partial charge in [0.2, 0.25) is 0 Å². The highest BCUT2D eigenvalue weighted by Crippen LogP contribution is 2.22. The molecule has 1 aromatic carbocycles. The van der Waals surface area contributed by atoms with E-state index in [4.69, 9.17) is 9.47 Å². The minimum atomic E-state index is -0.758. The van der Waals surface area contributed by atoms with Crippen molar-refractivity contribution < 1.29 is 23.0 Å². The predicted octanol–water partition coefficient (Wildman–Crippen LogP) is 2.48. The minimum absolute atomic E-state index is 0.0846. The van der Waals surface area contributed by atoms with Gasteiger partial charge >= 0.3 is 12.0 Å². The molecule has 8 heteroatoms. The van der Waals surface area contributed by atoms with Crippen LogP contribution in [0.1, 0.15) is 19.8 Å². The van der Waals surface area contributed by atoms with Crippen molar-refractivity contribution in [2.24, 2.45) is 7.05 Å². The van der Waals surface area contributed by atoms with Crippen LogP contribution in [0.25, 0.3) is 11.4 Å². The summed E-state index contributed by atoms with van der Waals surface area (Å²) in [6.45, 7) is 1.98. The molecule has 0 aliphatic heterocycles. The topological polar surface area (TPSA) is 66.2 Å². The fourth-order valence-electron chi connectivity index (χ4n) is 1.82. The van der Waals surface area contributed by atoms with Crippen molar-refractivity contribution in [2.75, 3.05) is 13.2 Å². The molecule has 124 valence electrons. The molecule has 2 aromatic rings. The van der Waals surface area contributed by atoms with Gasteiger partial charge in [-0.1, -0.05) is 13.3 Å². The third-order valence-corrected chi connectivity index (χ3v) is 3.00. The van der Waals surface area contributed by atoms with E-state index in [0.29, 0.717) is 6.61 Å². The summed E-state index contributed by atoms with van der Waals surface area (Å²) in [7, 11) is 1.54. The zero-order valence-corrected chi connectivity index (χ0v) is 12.9. The molecule has 0 atom stereocenters. The van der Waals surface area contributed by atoms with Gasteiger partial charge in [0.15, 0.2) is 12.4 Å². The lowest BCUT2D eigenvalue weighted by molar-refractivity contribution is -0.146. The van der Waals surface area contributed by atoms with E-state index in [-0.39, 0.29) is 24.0 Å². The maximum Gasteiger partial charge on any atom is 0.344 e. The van der Waals surface area contributed by atoms with Crippen LogP contribution in [0.5, 0.6) is 6.01 Å². The minimum Gasteiger partial charge on any atom is -0.463 e. The fraction of sp³-hybridized carbons (Fsp3) is 0.400. The van der Waals surface area contributed by atoms with E-state index < -0.39 is 17.6 Å². The Balaban J connectivity index is 2.02. The number of rotatable bonds is 7. The van der Waals surface area contributed by atoms with Gasteiger partial charge in [-0.25, -0.2) is 18.3 Å². The summed E-state index contributed by atoms with van der Waals surface area (Å²) in [5.74, 6) is -1.80. The van der Waals surface area contributed by atoms with Gasteiger partial charge in [-0.2, -0.15) is 4.98 Å². The van der Waals surface area contributed by atoms with E-state index in [9.17, 15) is 13.6 Å². The van der Waals surface area contributed by atoms with E-state index >= 15 is 0 Å². The van der Waals surface area contributed by atoms with Crippen molar-refractivity contribution in [2.45, 2.75) is 19.8 Å². The Hall–Kier alpha value is -2.51. The molecule has 23 heavy (non-hydrogen) atoms. The van der Waals surface area contributed by atoms with Crippen LogP contribution < -0.4 is 4.74 Å². The van der Waals surface area contributed by atoms with Gasteiger partial charge in [-0.15, -0.1) is 5.10 Å². The zero-order valence-electron chi connectivity index (χ0n) is 12.9. The Morgan fingerprint density at radius 2 is 2.13 bits per heavy atom. The predicted molar refractivity (Wildman–Crippen MR) is 77.7 cm³/mol. The largest absolute Gasteiger partial charge is 0.463 e. The van der Waals surface area contributed by atoms with Crippen LogP contribution in [0.4, 0.5) is 8.78 Å². The van der Waals surface area contributed by atoms with E-state index in [1.807, 2.05) is 6.92 Å². The quantitative estimate of drug-likeness (QED) is 0.578. The van der Waals surface area contributed by atoms with E-state index in [2.05, 4.69) is 10.1 Å². The van der Waals surface area contributed by atoms with Crippen LogP contribution in [0.3, 0.4) is 0 Å². The Kier molecular flexibility index (Phi) is 5.61. The molecule has 0 saturated carbocycles. The standard InChI is InChI=1S/C15H17F2N3O3/c1-3-4-7-22-13(21)9-23-15-18-14(20(2)19-15)11-6-5-10(16)8-12(11)17/h5-6,8H,3-4,7,9H2,1-2H3. The Bertz CT molecular complexity index is 689. The molecule has 1 heterocycles. The van der Waals surface area contributed by atoms with Crippen LogP contribution in [0.15, 0.2) is 18.2 Å². The Labute approximate surface area is 132 Å². The first-order chi connectivity index (χ1) is 11.0. The summed E-state index contributed by atoms with van der Waals surface area (Å²) in [5, 5.41) is 3.93. The summed E-state index contributed by atoms with van der Waals surface area (Å²) < 4.78 is 38.1. The van der Waals surface area contributed by atoms with Gasteiger partial charge in [0.05, 0.1) is 12.2 Å². The number of carbonyl (C=O) groups excluding carboxylic acids is 1. The first kappa shape index (κ1) is 16.9. The summed E-state index contributed by atoms with van der Waals surface area (Å²) in [4.78, 5) is 15.4. The van der Waals surface area contributed by atoms with Crippen LogP contribution in [0.2, 0.25) is 0 Å². The number of halogens is 2. The number of aryl methyl sites for hydroxylation is 1. The van der Waals surface area contributed by atoms with Crippen molar-refractivity contribution in [1.29, 1.82) is 0 Å². The highest BCUT2D eigenvalue weighted by molar-refractivity contribution is 5.71. The average Bonchev–Trinajstić information content (AvgIpc) is 2.86. The van der Waals surface area contributed by atoms with Crippen molar-refractivity contribution >= 4 is 5.97 Å². The van der Waals surface area contributed by atoms with Gasteiger partial charge in [0.25, 0.3) is 0 Å². The summed E-state index contributed by atoms with van der Waals surface area (Å²) in [5.41, 5.74) is 0.0850. The van der Waals surface area contributed by atoms with Crippen LogP contribution in [-0.2, 0) is 16.6 Å². The molecule has 0 unspecified atom stereocenters. The van der Waals surface area contributed by atoms with Crippen molar-refractivity contribution in [3.8, 4) is 17.4 Å². The highest BCUT2D eigenvalue weighted by atomic mass is 19.1. The lowest BCUT2D eigenvalue weighted by Gasteiger charge is -2.03. The number of unbranched alkanes of at least 4 members (excludes halogenated alkanes) is 1. The number of benzene rings is 1. The van der Waals surface area contributed by atoms with Crippen molar-refractivity contribution in [1.82, 2.24) is 14.8 Å². The monoisotopic (exact) mass is 325 g/mol. The van der Waals surface area contributed by atoms with Crippen molar-refractivity contribution in [3.05, 3.63) is 29.8 Å². The molecular weight excluding hydrogens is 308 g/mol. The molecule has 0 N–H and O–H groups in total. The summed E-state index contributed by atoms with van der Waals surface area (Å²) >= 11 is 0. The molecule has 0 aliphatic carbocycles. The second-order valence-electron chi connectivity index (χ2n) is 4.83. The maximum absolute atomic E-state index is 13.8. The first-order valence-corrected chi connectivity index (χ1v) is 7.16. The molecule has 1 aromatic heterocycles. The molecule has 0 saturated heterocycles. The molecule has 0 amide bonds. The number of nitrogens with zero attached hydrogens (tertiary/aromatic N) is 3. The number of carbonyl (C=O) groups is 1. The number of aromatic nitrogens is 3. The van der Waals surface area contributed by atoms with Crippen LogP contribution in [-0.4, -0.2) is 33.9 Å². The van der Waals surface area contributed by atoms with Crippen LogP contribution >= 0.6 is 0 Å². The third kappa shape index (κ3) is 4.48. The number of esters is 1. The molecular formula is C15H17F2N3O3. The fourth-order valence-corrected chi connectivity index (χ4v) is 1.82. The Morgan fingerprint density at radius 3 is 2.83 bits per heavy atom. The van der Waals surface area contributed by atoms with Gasteiger partial charge in [0.1, 0.15) is 11.6 Å². The molecule has 0 aliphatic rings. The van der Waals surface area contributed by atoms with Gasteiger partial charge in [-0.3, -0.25) is 0 Å². The molecule has 0 radical (unpaired) electrons. The van der Waals surface area contributed by atoms with Crippen LogP contribution in [0, 0.1) is 11.6 Å². The van der Waals surface area contributed by atoms with Gasteiger partial charge < -0.3 is 9.47 Å². The molecule has 0 bridgehead atoms. The molecule has 6 nitrogen and oxygen atoms in total. The second-order valence-corrected chi connectivity index (χ2v) is 4.83. The molecule has 2 rings (SSSR count). The third-order valence-electron chi connectivity index (χ3n) is 3.00. The average molecular weight is 325 g/mol. The molecule has 0 spiro atoms. The van der Waals surface area contributed by atoms with Gasteiger partial charge in [0, 0.05) is 13.1 Å². The zero-order chi connectivity index (χ0) is 16.8. The molecule has 0 fully saturated rings. The number of hydrogen-bond donors (Lipinski definition) is 0. The summed E-state index contributed by atoms with van der Waals surface area (Å²) in [6.07, 6.45) is 1.70. The van der Waals surface area contributed by atoms with Gasteiger partial charge in [-0.05, 0) is 18.6 Å². The highest BCUT2D eigenvalue weighted by Gasteiger charge is 2.16. The van der Waals surface area contributed by atoms with E-state index in [1.54, 1.807) is 0 Å². The number of hydrogen-bond acceptors (Lipinski definition) is 5. The van der Waals surface area contributed by atoms with E-state index in [1.165, 1.54) is 17.8 Å². The lowest BCUT2D eigenvalue weighted by Crippen LogP contribution is -2.16. The van der Waals surface area contributed by atoms with Crippen molar-refractivity contribution in [3.63, 3.8) is 0 Å². The van der Waals surface area contributed by atoms with E-state index in [0.717, 1.165) is 25.0 Å². The second kappa shape index (κ2) is 7.66.